The minimum atomic E-state index is -0.0712. The van der Waals surface area contributed by atoms with Gasteiger partial charge in [0.15, 0.2) is 5.82 Å². The first kappa shape index (κ1) is 18.1. The Morgan fingerprint density at radius 2 is 2.04 bits per heavy atom. The average Bonchev–Trinajstić information content (AvgIpc) is 3.20. The Balaban J connectivity index is 1.67. The van der Waals surface area contributed by atoms with Crippen LogP contribution in [0, 0.1) is 20.8 Å². The number of methoxy groups -OCH3 is 1. The maximum Gasteiger partial charge on any atom is 0.229 e. The lowest BCUT2D eigenvalue weighted by molar-refractivity contribution is -0.120. The number of aryl methyl sites for hydroxylation is 3. The summed E-state index contributed by atoms with van der Waals surface area (Å²) in [6, 6.07) is 4.18. The Hall–Kier alpha value is -2.67. The number of fused-ring (bicyclic) bond motifs is 1. The van der Waals surface area contributed by atoms with Gasteiger partial charge in [0.05, 0.1) is 26.0 Å². The molecule has 0 saturated carbocycles. The summed E-state index contributed by atoms with van der Waals surface area (Å²) in [6.07, 6.45) is 0.870. The first-order valence-electron chi connectivity index (χ1n) is 8.64. The first-order chi connectivity index (χ1) is 12.5. The van der Waals surface area contributed by atoms with Gasteiger partial charge < -0.3 is 19.6 Å². The highest BCUT2D eigenvalue weighted by Crippen LogP contribution is 2.28. The molecule has 2 N–H and O–H groups in total. The van der Waals surface area contributed by atoms with E-state index < -0.39 is 0 Å². The standard InChI is InChI=1S/C19H24N4O3/c1-11-5-6-12(2)19-18(11)14(13(3)21-19)9-16(24)20-10-15-22-17(26-23-15)7-8-25-4/h5-6,21H,7-10H2,1-4H3,(H,20,24). The van der Waals surface area contributed by atoms with Crippen LogP contribution in [0.4, 0.5) is 0 Å². The number of aromatic nitrogens is 3. The Labute approximate surface area is 152 Å². The van der Waals surface area contributed by atoms with E-state index in [1.165, 1.54) is 11.1 Å². The molecule has 2 heterocycles. The van der Waals surface area contributed by atoms with Gasteiger partial charge in [0, 0.05) is 23.7 Å². The Morgan fingerprint density at radius 1 is 1.27 bits per heavy atom. The smallest absolute Gasteiger partial charge is 0.229 e. The van der Waals surface area contributed by atoms with E-state index in [1.807, 2.05) is 6.92 Å². The van der Waals surface area contributed by atoms with Gasteiger partial charge in [0.25, 0.3) is 0 Å². The molecule has 26 heavy (non-hydrogen) atoms. The van der Waals surface area contributed by atoms with Crippen molar-refractivity contribution >= 4 is 16.8 Å². The van der Waals surface area contributed by atoms with Gasteiger partial charge in [0.2, 0.25) is 11.8 Å². The summed E-state index contributed by atoms with van der Waals surface area (Å²) in [7, 11) is 1.62. The quantitative estimate of drug-likeness (QED) is 0.678. The Bertz CT molecular complexity index is 926. The van der Waals surface area contributed by atoms with Gasteiger partial charge >= 0.3 is 0 Å². The van der Waals surface area contributed by atoms with E-state index in [-0.39, 0.29) is 12.5 Å². The van der Waals surface area contributed by atoms with Crippen molar-refractivity contribution in [2.45, 2.75) is 40.2 Å². The number of carbonyl (C=O) groups is 1. The molecule has 0 aliphatic rings. The molecule has 1 amide bonds. The molecule has 0 spiro atoms. The molecule has 1 aromatic carbocycles. The number of hydrogen-bond acceptors (Lipinski definition) is 5. The third-order valence-corrected chi connectivity index (χ3v) is 4.50. The highest BCUT2D eigenvalue weighted by atomic mass is 16.5. The summed E-state index contributed by atoms with van der Waals surface area (Å²) in [5, 5.41) is 7.87. The number of benzene rings is 1. The molecule has 3 rings (SSSR count). The average molecular weight is 356 g/mol. The number of rotatable bonds is 7. The highest BCUT2D eigenvalue weighted by molar-refractivity contribution is 5.93. The topological polar surface area (TPSA) is 93.0 Å². The molecule has 7 heteroatoms. The maximum atomic E-state index is 12.4. The molecule has 0 saturated heterocycles. The molecule has 0 radical (unpaired) electrons. The van der Waals surface area contributed by atoms with Crippen LogP contribution in [0.15, 0.2) is 16.7 Å². The van der Waals surface area contributed by atoms with Crippen LogP contribution < -0.4 is 5.32 Å². The fraction of sp³-hybridized carbons (Fsp3) is 0.421. The van der Waals surface area contributed by atoms with Crippen LogP contribution in [0.5, 0.6) is 0 Å². The molecular weight excluding hydrogens is 332 g/mol. The summed E-state index contributed by atoms with van der Waals surface area (Å²) in [5.74, 6) is 0.903. The lowest BCUT2D eigenvalue weighted by Crippen LogP contribution is -2.25. The van der Waals surface area contributed by atoms with Crippen molar-refractivity contribution in [3.63, 3.8) is 0 Å². The van der Waals surface area contributed by atoms with E-state index in [9.17, 15) is 4.79 Å². The number of nitrogens with zero attached hydrogens (tertiary/aromatic N) is 2. The number of nitrogens with one attached hydrogen (secondary N) is 2. The van der Waals surface area contributed by atoms with Gasteiger partial charge in [-0.3, -0.25) is 4.79 Å². The van der Waals surface area contributed by atoms with Gasteiger partial charge in [-0.15, -0.1) is 0 Å². The molecular formula is C19H24N4O3. The summed E-state index contributed by atoms with van der Waals surface area (Å²) in [6.45, 7) is 6.90. The molecule has 0 bridgehead atoms. The molecule has 0 atom stereocenters. The number of aromatic amines is 1. The summed E-state index contributed by atoms with van der Waals surface area (Å²) in [4.78, 5) is 20.1. The highest BCUT2D eigenvalue weighted by Gasteiger charge is 2.16. The zero-order chi connectivity index (χ0) is 18.7. The Morgan fingerprint density at radius 3 is 2.81 bits per heavy atom. The Kier molecular flexibility index (Phi) is 5.37. The van der Waals surface area contributed by atoms with Crippen molar-refractivity contribution < 1.29 is 14.1 Å². The number of hydrogen-bond donors (Lipinski definition) is 2. The van der Waals surface area contributed by atoms with E-state index in [4.69, 9.17) is 9.26 Å². The van der Waals surface area contributed by atoms with Crippen molar-refractivity contribution in [3.05, 3.63) is 46.2 Å². The summed E-state index contributed by atoms with van der Waals surface area (Å²) in [5.41, 5.74) is 5.50. The predicted octanol–water partition coefficient (Wildman–Crippen LogP) is 2.52. The van der Waals surface area contributed by atoms with Crippen molar-refractivity contribution in [3.8, 4) is 0 Å². The van der Waals surface area contributed by atoms with Crippen molar-refractivity contribution in [1.82, 2.24) is 20.4 Å². The third-order valence-electron chi connectivity index (χ3n) is 4.50. The van der Waals surface area contributed by atoms with Crippen LogP contribution in [-0.4, -0.2) is 34.7 Å². The maximum absolute atomic E-state index is 12.4. The van der Waals surface area contributed by atoms with Crippen LogP contribution in [0.1, 0.15) is 34.1 Å². The molecule has 0 aliphatic carbocycles. The molecule has 0 unspecified atom stereocenters. The minimum Gasteiger partial charge on any atom is -0.384 e. The van der Waals surface area contributed by atoms with E-state index in [1.54, 1.807) is 7.11 Å². The van der Waals surface area contributed by atoms with Crippen molar-refractivity contribution in [2.75, 3.05) is 13.7 Å². The van der Waals surface area contributed by atoms with Crippen molar-refractivity contribution in [1.29, 1.82) is 0 Å². The molecule has 0 aliphatic heterocycles. The molecule has 7 nitrogen and oxygen atoms in total. The van der Waals surface area contributed by atoms with Gasteiger partial charge in [-0.05, 0) is 37.5 Å². The largest absolute Gasteiger partial charge is 0.384 e. The monoisotopic (exact) mass is 356 g/mol. The number of amides is 1. The number of H-pyrrole nitrogens is 1. The molecule has 138 valence electrons. The third kappa shape index (κ3) is 3.77. The first-order valence-corrected chi connectivity index (χ1v) is 8.64. The molecule has 3 aromatic rings. The molecule has 0 fully saturated rings. The summed E-state index contributed by atoms with van der Waals surface area (Å²) < 4.78 is 10.1. The predicted molar refractivity (Wildman–Crippen MR) is 97.9 cm³/mol. The fourth-order valence-electron chi connectivity index (χ4n) is 3.09. The summed E-state index contributed by atoms with van der Waals surface area (Å²) >= 11 is 0. The zero-order valence-corrected chi connectivity index (χ0v) is 15.6. The second-order valence-electron chi connectivity index (χ2n) is 6.48. The van der Waals surface area contributed by atoms with E-state index in [2.05, 4.69) is 46.4 Å². The van der Waals surface area contributed by atoms with Crippen molar-refractivity contribution in [2.24, 2.45) is 0 Å². The lowest BCUT2D eigenvalue weighted by Gasteiger charge is -2.05. The second kappa shape index (κ2) is 7.70. The number of ether oxygens (including phenoxy) is 1. The SMILES string of the molecule is COCCc1nc(CNC(=O)Cc2c(C)[nH]c3c(C)ccc(C)c23)no1. The minimum absolute atomic E-state index is 0.0712. The molecule has 2 aromatic heterocycles. The van der Waals surface area contributed by atoms with E-state index >= 15 is 0 Å². The van der Waals surface area contributed by atoms with E-state index in [0.29, 0.717) is 31.2 Å². The fourth-order valence-corrected chi connectivity index (χ4v) is 3.09. The van der Waals surface area contributed by atoms with Crippen LogP contribution >= 0.6 is 0 Å². The van der Waals surface area contributed by atoms with Gasteiger partial charge in [-0.2, -0.15) is 4.98 Å². The van der Waals surface area contributed by atoms with Gasteiger partial charge in [-0.25, -0.2) is 0 Å². The van der Waals surface area contributed by atoms with Gasteiger partial charge in [-0.1, -0.05) is 17.3 Å². The zero-order valence-electron chi connectivity index (χ0n) is 15.6. The van der Waals surface area contributed by atoms with Gasteiger partial charge in [0.1, 0.15) is 0 Å². The normalized spacial score (nSPS) is 11.2. The van der Waals surface area contributed by atoms with Crippen LogP contribution in [0.2, 0.25) is 0 Å². The van der Waals surface area contributed by atoms with E-state index in [0.717, 1.165) is 22.2 Å². The number of carbonyl (C=O) groups excluding carboxylic acids is 1. The van der Waals surface area contributed by atoms with Crippen LogP contribution in [0.25, 0.3) is 10.9 Å². The lowest BCUT2D eigenvalue weighted by atomic mass is 10.0. The van der Waals surface area contributed by atoms with Crippen LogP contribution in [-0.2, 0) is 28.9 Å². The second-order valence-corrected chi connectivity index (χ2v) is 6.48. The van der Waals surface area contributed by atoms with Crippen LogP contribution in [0.3, 0.4) is 0 Å².